The van der Waals surface area contributed by atoms with Crippen molar-refractivity contribution in [2.75, 3.05) is 0 Å². The number of carbonyl (C=O) groups is 1. The molecule has 3 heteroatoms. The lowest BCUT2D eigenvalue weighted by Crippen LogP contribution is -2.26. The van der Waals surface area contributed by atoms with Crippen LogP contribution in [0.5, 0.6) is 0 Å². The van der Waals surface area contributed by atoms with Gasteiger partial charge in [0.1, 0.15) is 6.10 Å². The molecule has 0 N–H and O–H groups in total. The Morgan fingerprint density at radius 3 is 2.26 bits per heavy atom. The maximum Gasteiger partial charge on any atom is 0.373 e. The van der Waals surface area contributed by atoms with Crippen LogP contribution in [0.4, 0.5) is 0 Å². The summed E-state index contributed by atoms with van der Waals surface area (Å²) >= 11 is 0. The van der Waals surface area contributed by atoms with Crippen LogP contribution in [0.1, 0.15) is 43.0 Å². The largest absolute Gasteiger partial charge is 0.373 e. The van der Waals surface area contributed by atoms with Gasteiger partial charge in [-0.25, -0.2) is 4.79 Å². The van der Waals surface area contributed by atoms with E-state index in [2.05, 4.69) is 6.92 Å². The highest BCUT2D eigenvalue weighted by atomic mass is 17.2. The smallest absolute Gasteiger partial charge is 0.293 e. The van der Waals surface area contributed by atoms with Gasteiger partial charge in [0.25, 0.3) is 0 Å². The van der Waals surface area contributed by atoms with Gasteiger partial charge in [0.05, 0.1) is 5.56 Å². The molecule has 120 valence electrons. The van der Waals surface area contributed by atoms with Crippen molar-refractivity contribution in [3.05, 3.63) is 60.2 Å². The van der Waals surface area contributed by atoms with Crippen molar-refractivity contribution in [1.82, 2.24) is 0 Å². The van der Waals surface area contributed by atoms with Crippen molar-refractivity contribution in [3.63, 3.8) is 0 Å². The molecule has 2 aromatic carbocycles. The van der Waals surface area contributed by atoms with E-state index in [1.54, 1.807) is 12.1 Å². The van der Waals surface area contributed by atoms with Crippen LogP contribution in [-0.4, -0.2) is 12.1 Å². The Labute approximate surface area is 137 Å². The normalized spacial score (nSPS) is 20.9. The molecule has 0 spiro atoms. The predicted octanol–water partition coefficient (Wildman–Crippen LogP) is 5.02. The first kappa shape index (κ1) is 15.8. The summed E-state index contributed by atoms with van der Waals surface area (Å²) in [6.07, 6.45) is 4.49. The number of benzene rings is 2. The second-order valence-corrected chi connectivity index (χ2v) is 6.21. The van der Waals surface area contributed by atoms with E-state index in [1.807, 2.05) is 42.5 Å². The Morgan fingerprint density at radius 2 is 1.57 bits per heavy atom. The highest BCUT2D eigenvalue weighted by Gasteiger charge is 2.24. The van der Waals surface area contributed by atoms with Crippen molar-refractivity contribution in [2.24, 2.45) is 5.92 Å². The molecule has 0 saturated heterocycles. The van der Waals surface area contributed by atoms with Gasteiger partial charge in [-0.05, 0) is 42.0 Å². The van der Waals surface area contributed by atoms with E-state index in [0.717, 1.165) is 30.4 Å². The SMILES string of the molecule is CC1CCCCC1OOC(=O)c1ccc(-c2ccccc2)cc1. The Bertz CT molecular complexity index is 634. The molecule has 0 aromatic heterocycles. The summed E-state index contributed by atoms with van der Waals surface area (Å²) in [4.78, 5) is 22.5. The lowest BCUT2D eigenvalue weighted by molar-refractivity contribution is -0.289. The topological polar surface area (TPSA) is 35.5 Å². The first-order chi connectivity index (χ1) is 11.2. The standard InChI is InChI=1S/C20H22O3/c1-15-7-5-6-10-19(15)22-23-20(21)18-13-11-17(12-14-18)16-8-3-2-4-9-16/h2-4,8-9,11-15,19H,5-7,10H2,1H3. The fraction of sp³-hybridized carbons (Fsp3) is 0.350. The molecule has 1 saturated carbocycles. The van der Waals surface area contributed by atoms with Crippen molar-refractivity contribution >= 4 is 5.97 Å². The summed E-state index contributed by atoms with van der Waals surface area (Å²) in [5.74, 6) is 0.0133. The van der Waals surface area contributed by atoms with Crippen molar-refractivity contribution in [2.45, 2.75) is 38.7 Å². The maximum absolute atomic E-state index is 12.1. The van der Waals surface area contributed by atoms with Gasteiger partial charge in [-0.2, -0.15) is 4.89 Å². The van der Waals surface area contributed by atoms with E-state index in [0.29, 0.717) is 11.5 Å². The minimum Gasteiger partial charge on any atom is -0.293 e. The average Bonchev–Trinajstić information content (AvgIpc) is 2.62. The zero-order valence-corrected chi connectivity index (χ0v) is 13.4. The molecule has 1 fully saturated rings. The minimum atomic E-state index is -0.428. The molecule has 2 unspecified atom stereocenters. The van der Waals surface area contributed by atoms with Crippen LogP contribution < -0.4 is 0 Å². The Hall–Kier alpha value is -2.13. The van der Waals surface area contributed by atoms with E-state index in [1.165, 1.54) is 6.42 Å². The zero-order chi connectivity index (χ0) is 16.1. The quantitative estimate of drug-likeness (QED) is 0.587. The Kier molecular flexibility index (Phi) is 5.09. The van der Waals surface area contributed by atoms with Gasteiger partial charge in [0.15, 0.2) is 0 Å². The molecule has 3 rings (SSSR count). The minimum absolute atomic E-state index is 0.0243. The molecule has 0 aliphatic heterocycles. The highest BCUT2D eigenvalue weighted by Crippen LogP contribution is 2.26. The molecule has 2 atom stereocenters. The number of hydrogen-bond donors (Lipinski definition) is 0. The third kappa shape index (κ3) is 3.99. The molecular weight excluding hydrogens is 288 g/mol. The van der Waals surface area contributed by atoms with E-state index in [-0.39, 0.29) is 6.10 Å². The van der Waals surface area contributed by atoms with Gasteiger partial charge in [-0.1, -0.05) is 62.2 Å². The molecule has 0 radical (unpaired) electrons. The molecule has 1 aliphatic carbocycles. The van der Waals surface area contributed by atoms with Gasteiger partial charge in [0, 0.05) is 0 Å². The summed E-state index contributed by atoms with van der Waals surface area (Å²) in [5.41, 5.74) is 2.71. The number of hydrogen-bond acceptors (Lipinski definition) is 3. The Morgan fingerprint density at radius 1 is 0.913 bits per heavy atom. The molecule has 0 amide bonds. The van der Waals surface area contributed by atoms with Gasteiger partial charge in [0.2, 0.25) is 0 Å². The summed E-state index contributed by atoms with van der Waals surface area (Å²) in [6, 6.07) is 17.5. The van der Waals surface area contributed by atoms with Crippen molar-refractivity contribution < 1.29 is 14.6 Å². The second kappa shape index (κ2) is 7.42. The lowest BCUT2D eigenvalue weighted by atomic mass is 9.88. The molecule has 23 heavy (non-hydrogen) atoms. The molecule has 0 bridgehead atoms. The Balaban J connectivity index is 1.59. The van der Waals surface area contributed by atoms with Crippen molar-refractivity contribution in [3.8, 4) is 11.1 Å². The van der Waals surface area contributed by atoms with Crippen LogP contribution in [0, 0.1) is 5.92 Å². The average molecular weight is 310 g/mol. The van der Waals surface area contributed by atoms with Crippen LogP contribution in [0.3, 0.4) is 0 Å². The maximum atomic E-state index is 12.1. The molecular formula is C20H22O3. The fourth-order valence-electron chi connectivity index (χ4n) is 3.01. The lowest BCUT2D eigenvalue weighted by Gasteiger charge is -2.26. The van der Waals surface area contributed by atoms with Gasteiger partial charge in [-0.3, -0.25) is 4.89 Å². The first-order valence-corrected chi connectivity index (χ1v) is 8.27. The van der Waals surface area contributed by atoms with Crippen LogP contribution in [0.2, 0.25) is 0 Å². The van der Waals surface area contributed by atoms with E-state index >= 15 is 0 Å². The molecule has 3 nitrogen and oxygen atoms in total. The third-order valence-corrected chi connectivity index (χ3v) is 4.51. The van der Waals surface area contributed by atoms with Crippen LogP contribution >= 0.6 is 0 Å². The molecule has 0 heterocycles. The van der Waals surface area contributed by atoms with Gasteiger partial charge >= 0.3 is 5.97 Å². The zero-order valence-electron chi connectivity index (χ0n) is 13.4. The molecule has 1 aliphatic rings. The van der Waals surface area contributed by atoms with E-state index in [4.69, 9.17) is 9.78 Å². The summed E-state index contributed by atoms with van der Waals surface area (Å²) < 4.78 is 0. The summed E-state index contributed by atoms with van der Waals surface area (Å²) in [5, 5.41) is 0. The fourth-order valence-corrected chi connectivity index (χ4v) is 3.01. The van der Waals surface area contributed by atoms with Crippen LogP contribution in [0.15, 0.2) is 54.6 Å². The summed E-state index contributed by atoms with van der Waals surface area (Å²) in [6.45, 7) is 2.15. The van der Waals surface area contributed by atoms with Gasteiger partial charge < -0.3 is 0 Å². The van der Waals surface area contributed by atoms with E-state index < -0.39 is 5.97 Å². The first-order valence-electron chi connectivity index (χ1n) is 8.27. The second-order valence-electron chi connectivity index (χ2n) is 6.21. The number of rotatable bonds is 4. The van der Waals surface area contributed by atoms with Crippen LogP contribution in [0.25, 0.3) is 11.1 Å². The number of carbonyl (C=O) groups excluding carboxylic acids is 1. The molecule has 2 aromatic rings. The van der Waals surface area contributed by atoms with Gasteiger partial charge in [-0.15, -0.1) is 0 Å². The third-order valence-electron chi connectivity index (χ3n) is 4.51. The predicted molar refractivity (Wildman–Crippen MR) is 89.8 cm³/mol. The monoisotopic (exact) mass is 310 g/mol. The highest BCUT2D eigenvalue weighted by molar-refractivity contribution is 5.89. The van der Waals surface area contributed by atoms with E-state index in [9.17, 15) is 4.79 Å². The summed E-state index contributed by atoms with van der Waals surface area (Å²) in [7, 11) is 0. The van der Waals surface area contributed by atoms with Crippen molar-refractivity contribution in [1.29, 1.82) is 0 Å². The van der Waals surface area contributed by atoms with Crippen LogP contribution in [-0.2, 0) is 9.78 Å².